The van der Waals surface area contributed by atoms with E-state index in [-0.39, 0.29) is 12.0 Å². The van der Waals surface area contributed by atoms with Crippen molar-refractivity contribution in [2.75, 3.05) is 12.4 Å². The van der Waals surface area contributed by atoms with Crippen LogP contribution >= 0.6 is 0 Å². The number of aryl methyl sites for hydroxylation is 1. The smallest absolute Gasteiger partial charge is 0.256 e. The molecule has 1 aromatic rings. The van der Waals surface area contributed by atoms with Crippen LogP contribution in [0, 0.1) is 12.8 Å². The Balaban J connectivity index is 2.00. The number of carbonyl (C=O) groups excluding carboxylic acids is 1. The monoisotopic (exact) mass is 221 g/mol. The third kappa shape index (κ3) is 2.55. The van der Waals surface area contributed by atoms with Gasteiger partial charge in [0.1, 0.15) is 6.10 Å². The molecule has 1 unspecified atom stereocenters. The van der Waals surface area contributed by atoms with Gasteiger partial charge in [-0.1, -0.05) is 0 Å². The summed E-state index contributed by atoms with van der Waals surface area (Å²) in [5.74, 6) is 0.540. The van der Waals surface area contributed by atoms with Crippen LogP contribution in [0.25, 0.3) is 0 Å². The average Bonchev–Trinajstić information content (AvgIpc) is 3.03. The first-order valence-electron chi connectivity index (χ1n) is 5.34. The van der Waals surface area contributed by atoms with Gasteiger partial charge >= 0.3 is 0 Å². The molecule has 0 spiro atoms. The van der Waals surface area contributed by atoms with Gasteiger partial charge in [0.2, 0.25) is 5.95 Å². The second-order valence-electron chi connectivity index (χ2n) is 4.00. The lowest BCUT2D eigenvalue weighted by Gasteiger charge is -2.13. The highest BCUT2D eigenvalue weighted by Gasteiger charge is 2.36. The van der Waals surface area contributed by atoms with Crippen LogP contribution in [-0.2, 0) is 9.53 Å². The van der Waals surface area contributed by atoms with E-state index in [2.05, 4.69) is 15.3 Å². The molecule has 5 heteroatoms. The van der Waals surface area contributed by atoms with E-state index in [0.717, 1.165) is 18.5 Å². The zero-order valence-corrected chi connectivity index (χ0v) is 9.43. The van der Waals surface area contributed by atoms with Crippen LogP contribution in [0.3, 0.4) is 0 Å². The third-order valence-electron chi connectivity index (χ3n) is 2.59. The zero-order chi connectivity index (χ0) is 11.5. The fourth-order valence-electron chi connectivity index (χ4n) is 1.60. The van der Waals surface area contributed by atoms with Gasteiger partial charge in [-0.25, -0.2) is 9.97 Å². The fraction of sp³-hybridized carbons (Fsp3) is 0.545. The Morgan fingerprint density at radius 3 is 2.94 bits per heavy atom. The Labute approximate surface area is 94.2 Å². The number of nitrogens with one attached hydrogen (secondary N) is 1. The molecule has 86 valence electrons. The van der Waals surface area contributed by atoms with Crippen molar-refractivity contribution in [1.82, 2.24) is 9.97 Å². The summed E-state index contributed by atoms with van der Waals surface area (Å²) in [6.45, 7) is 1.85. The average molecular weight is 221 g/mol. The highest BCUT2D eigenvalue weighted by molar-refractivity contribution is 5.93. The Kier molecular flexibility index (Phi) is 3.14. The SMILES string of the molecule is COC(C(=O)Nc1nccc(C)n1)C1CC1. The zero-order valence-electron chi connectivity index (χ0n) is 9.43. The molecule has 0 radical (unpaired) electrons. The Hall–Kier alpha value is -1.49. The molecule has 1 atom stereocenters. The molecule has 5 nitrogen and oxygen atoms in total. The summed E-state index contributed by atoms with van der Waals surface area (Å²) in [5, 5.41) is 2.67. The molecule has 0 aliphatic heterocycles. The van der Waals surface area contributed by atoms with Crippen molar-refractivity contribution >= 4 is 11.9 Å². The van der Waals surface area contributed by atoms with Crippen molar-refractivity contribution in [2.45, 2.75) is 25.9 Å². The van der Waals surface area contributed by atoms with Crippen LogP contribution in [-0.4, -0.2) is 29.1 Å². The van der Waals surface area contributed by atoms with Crippen LogP contribution < -0.4 is 5.32 Å². The van der Waals surface area contributed by atoms with Gasteiger partial charge in [0.25, 0.3) is 5.91 Å². The second kappa shape index (κ2) is 4.57. The van der Waals surface area contributed by atoms with Crippen molar-refractivity contribution in [1.29, 1.82) is 0 Å². The number of nitrogens with zero attached hydrogens (tertiary/aromatic N) is 2. The molecule has 2 rings (SSSR count). The summed E-state index contributed by atoms with van der Waals surface area (Å²) in [7, 11) is 1.56. The Morgan fingerprint density at radius 1 is 1.62 bits per heavy atom. The molecule has 0 saturated heterocycles. The predicted molar refractivity (Wildman–Crippen MR) is 58.9 cm³/mol. The fourth-order valence-corrected chi connectivity index (χ4v) is 1.60. The van der Waals surface area contributed by atoms with Gasteiger partial charge in [-0.05, 0) is 31.7 Å². The lowest BCUT2D eigenvalue weighted by Crippen LogP contribution is -2.32. The molecule has 1 saturated carbocycles. The van der Waals surface area contributed by atoms with E-state index in [9.17, 15) is 4.79 Å². The number of hydrogen-bond donors (Lipinski definition) is 1. The first-order valence-corrected chi connectivity index (χ1v) is 5.34. The normalized spacial score (nSPS) is 16.9. The lowest BCUT2D eigenvalue weighted by molar-refractivity contribution is -0.126. The maximum absolute atomic E-state index is 11.8. The third-order valence-corrected chi connectivity index (χ3v) is 2.59. The predicted octanol–water partition coefficient (Wildman–Crippen LogP) is 1.15. The van der Waals surface area contributed by atoms with Crippen molar-refractivity contribution in [3.05, 3.63) is 18.0 Å². The van der Waals surface area contributed by atoms with Gasteiger partial charge in [0.05, 0.1) is 0 Å². The molecule has 1 fully saturated rings. The van der Waals surface area contributed by atoms with E-state index in [1.165, 1.54) is 0 Å². The number of carbonyl (C=O) groups is 1. The highest BCUT2D eigenvalue weighted by Crippen LogP contribution is 2.34. The van der Waals surface area contributed by atoms with E-state index in [0.29, 0.717) is 11.9 Å². The number of aromatic nitrogens is 2. The van der Waals surface area contributed by atoms with E-state index in [1.807, 2.05) is 6.92 Å². The number of anilines is 1. The van der Waals surface area contributed by atoms with Crippen LogP contribution in [0.5, 0.6) is 0 Å². The highest BCUT2D eigenvalue weighted by atomic mass is 16.5. The number of methoxy groups -OCH3 is 1. The van der Waals surface area contributed by atoms with E-state index in [1.54, 1.807) is 19.4 Å². The van der Waals surface area contributed by atoms with Crippen LogP contribution in [0.15, 0.2) is 12.3 Å². The summed E-state index contributed by atoms with van der Waals surface area (Å²) >= 11 is 0. The van der Waals surface area contributed by atoms with Gasteiger partial charge in [-0.2, -0.15) is 0 Å². The van der Waals surface area contributed by atoms with Crippen molar-refractivity contribution in [3.63, 3.8) is 0 Å². The molecule has 1 aliphatic carbocycles. The van der Waals surface area contributed by atoms with Crippen LogP contribution in [0.4, 0.5) is 5.95 Å². The molecule has 0 bridgehead atoms. The van der Waals surface area contributed by atoms with Gasteiger partial charge in [0.15, 0.2) is 0 Å². The summed E-state index contributed by atoms with van der Waals surface area (Å²) in [5.41, 5.74) is 0.825. The summed E-state index contributed by atoms with van der Waals surface area (Å²) < 4.78 is 5.17. The maximum atomic E-state index is 11.8. The molecule has 1 amide bonds. The number of ether oxygens (including phenoxy) is 1. The number of rotatable bonds is 4. The first kappa shape index (κ1) is 11.0. The molecule has 1 aromatic heterocycles. The molecule has 0 aromatic carbocycles. The maximum Gasteiger partial charge on any atom is 0.256 e. The van der Waals surface area contributed by atoms with Crippen LogP contribution in [0.2, 0.25) is 0 Å². The Bertz CT molecular complexity index is 391. The van der Waals surface area contributed by atoms with Gasteiger partial charge in [-0.15, -0.1) is 0 Å². The summed E-state index contributed by atoms with van der Waals surface area (Å²) in [4.78, 5) is 19.9. The van der Waals surface area contributed by atoms with E-state index in [4.69, 9.17) is 4.74 Å². The lowest BCUT2D eigenvalue weighted by atomic mass is 10.2. The number of hydrogen-bond acceptors (Lipinski definition) is 4. The largest absolute Gasteiger partial charge is 0.371 e. The van der Waals surface area contributed by atoms with Crippen LogP contribution in [0.1, 0.15) is 18.5 Å². The van der Waals surface area contributed by atoms with Gasteiger partial charge in [0, 0.05) is 19.0 Å². The van der Waals surface area contributed by atoms with Crippen molar-refractivity contribution in [3.8, 4) is 0 Å². The standard InChI is InChI=1S/C11H15N3O2/c1-7-5-6-12-11(13-7)14-10(15)9(16-2)8-3-4-8/h5-6,8-9H,3-4H2,1-2H3,(H,12,13,14,15). The minimum Gasteiger partial charge on any atom is -0.371 e. The molecule has 1 aliphatic rings. The molecule has 1 heterocycles. The van der Waals surface area contributed by atoms with Gasteiger partial charge < -0.3 is 4.74 Å². The quantitative estimate of drug-likeness (QED) is 0.828. The number of amides is 1. The summed E-state index contributed by atoms with van der Waals surface area (Å²) in [6.07, 6.45) is 3.36. The molecular formula is C11H15N3O2. The topological polar surface area (TPSA) is 64.1 Å². The summed E-state index contributed by atoms with van der Waals surface area (Å²) in [6, 6.07) is 1.78. The first-order chi connectivity index (χ1) is 7.70. The molecule has 16 heavy (non-hydrogen) atoms. The Morgan fingerprint density at radius 2 is 2.38 bits per heavy atom. The van der Waals surface area contributed by atoms with Crippen molar-refractivity contribution in [2.24, 2.45) is 5.92 Å². The minimum atomic E-state index is -0.371. The van der Waals surface area contributed by atoms with E-state index < -0.39 is 0 Å². The minimum absolute atomic E-state index is 0.157. The second-order valence-corrected chi connectivity index (χ2v) is 4.00. The van der Waals surface area contributed by atoms with Crippen molar-refractivity contribution < 1.29 is 9.53 Å². The molecule has 1 N–H and O–H groups in total. The van der Waals surface area contributed by atoms with Gasteiger partial charge in [-0.3, -0.25) is 10.1 Å². The van der Waals surface area contributed by atoms with E-state index >= 15 is 0 Å². The molecular weight excluding hydrogens is 206 g/mol.